The minimum atomic E-state index is -2.08. The topological polar surface area (TPSA) is 54.4 Å². The Labute approximate surface area is 79.1 Å². The van der Waals surface area contributed by atoms with Crippen molar-refractivity contribution in [3.05, 3.63) is 29.8 Å². The zero-order chi connectivity index (χ0) is 9.84. The average molecular weight is 198 g/mol. The van der Waals surface area contributed by atoms with Crippen molar-refractivity contribution in [2.24, 2.45) is 0 Å². The van der Waals surface area contributed by atoms with E-state index in [0.717, 1.165) is 0 Å². The van der Waals surface area contributed by atoms with E-state index in [1.54, 1.807) is 25.1 Å². The number of carbonyl (C=O) groups excluding carboxylic acids is 1. The van der Waals surface area contributed by atoms with E-state index in [4.69, 9.17) is 4.55 Å². The standard InChI is InChI=1S/C9H10O3S/c1-2-8(10)7-5-3-4-6-9(7)13(11)12/h3-6H,2H2,1H3,(H,11,12). The first kappa shape index (κ1) is 10.1. The van der Waals surface area contributed by atoms with Crippen molar-refractivity contribution in [2.45, 2.75) is 18.2 Å². The molecule has 3 nitrogen and oxygen atoms in total. The smallest absolute Gasteiger partial charge is 0.187 e. The molecule has 0 aliphatic heterocycles. The van der Waals surface area contributed by atoms with Gasteiger partial charge in [0.1, 0.15) is 0 Å². The summed E-state index contributed by atoms with van der Waals surface area (Å²) in [6.45, 7) is 1.72. The predicted molar refractivity (Wildman–Crippen MR) is 50.1 cm³/mol. The van der Waals surface area contributed by atoms with Gasteiger partial charge < -0.3 is 4.55 Å². The van der Waals surface area contributed by atoms with Gasteiger partial charge in [0.05, 0.1) is 4.90 Å². The fourth-order valence-electron chi connectivity index (χ4n) is 1.04. The highest BCUT2D eigenvalue weighted by atomic mass is 32.2. The fraction of sp³-hybridized carbons (Fsp3) is 0.222. The van der Waals surface area contributed by atoms with Crippen molar-refractivity contribution in [3.63, 3.8) is 0 Å². The van der Waals surface area contributed by atoms with Gasteiger partial charge in [0, 0.05) is 12.0 Å². The van der Waals surface area contributed by atoms with Gasteiger partial charge in [0.2, 0.25) is 0 Å². The highest BCUT2D eigenvalue weighted by molar-refractivity contribution is 7.79. The van der Waals surface area contributed by atoms with Gasteiger partial charge in [-0.05, 0) is 6.07 Å². The third kappa shape index (κ3) is 2.23. The van der Waals surface area contributed by atoms with Crippen molar-refractivity contribution >= 4 is 16.9 Å². The molecule has 0 amide bonds. The van der Waals surface area contributed by atoms with Crippen LogP contribution in [0, 0.1) is 0 Å². The van der Waals surface area contributed by atoms with Gasteiger partial charge in [-0.3, -0.25) is 4.79 Å². The van der Waals surface area contributed by atoms with E-state index in [1.165, 1.54) is 6.07 Å². The summed E-state index contributed by atoms with van der Waals surface area (Å²) in [5, 5.41) is 0. The first-order chi connectivity index (χ1) is 6.16. The molecule has 0 fully saturated rings. The summed E-state index contributed by atoms with van der Waals surface area (Å²) in [4.78, 5) is 11.5. The zero-order valence-electron chi connectivity index (χ0n) is 7.19. The van der Waals surface area contributed by atoms with Crippen LogP contribution in [0.15, 0.2) is 29.2 Å². The van der Waals surface area contributed by atoms with Crippen molar-refractivity contribution in [1.82, 2.24) is 0 Å². The molecule has 1 aromatic rings. The van der Waals surface area contributed by atoms with E-state index >= 15 is 0 Å². The molecule has 0 radical (unpaired) electrons. The molecule has 13 heavy (non-hydrogen) atoms. The highest BCUT2D eigenvalue weighted by Gasteiger charge is 2.11. The number of benzene rings is 1. The minimum Gasteiger partial charge on any atom is -0.302 e. The van der Waals surface area contributed by atoms with Gasteiger partial charge in [-0.15, -0.1) is 0 Å². The largest absolute Gasteiger partial charge is 0.302 e. The summed E-state index contributed by atoms with van der Waals surface area (Å²) < 4.78 is 19.7. The summed E-state index contributed by atoms with van der Waals surface area (Å²) in [6.07, 6.45) is 0.341. The van der Waals surface area contributed by atoms with Crippen LogP contribution >= 0.6 is 0 Å². The third-order valence-electron chi connectivity index (χ3n) is 1.70. The van der Waals surface area contributed by atoms with Crippen LogP contribution in [-0.4, -0.2) is 14.5 Å². The Morgan fingerprint density at radius 1 is 1.46 bits per heavy atom. The van der Waals surface area contributed by atoms with Crippen LogP contribution in [0.4, 0.5) is 0 Å². The summed E-state index contributed by atoms with van der Waals surface area (Å²) in [5.74, 6) is -0.113. The molecule has 0 heterocycles. The summed E-state index contributed by atoms with van der Waals surface area (Å²) in [6, 6.07) is 6.36. The van der Waals surface area contributed by atoms with Crippen LogP contribution < -0.4 is 0 Å². The average Bonchev–Trinajstić information content (AvgIpc) is 2.16. The molecule has 1 aromatic carbocycles. The number of carbonyl (C=O) groups is 1. The Hall–Kier alpha value is -1.00. The maximum atomic E-state index is 11.3. The van der Waals surface area contributed by atoms with E-state index in [-0.39, 0.29) is 10.7 Å². The van der Waals surface area contributed by atoms with Gasteiger partial charge in [-0.1, -0.05) is 25.1 Å². The number of rotatable bonds is 3. The second-order valence-electron chi connectivity index (χ2n) is 2.52. The lowest BCUT2D eigenvalue weighted by Crippen LogP contribution is -2.03. The molecule has 0 aliphatic rings. The van der Waals surface area contributed by atoms with Crippen LogP contribution in [0.5, 0.6) is 0 Å². The SMILES string of the molecule is CCC(=O)c1ccccc1S(=O)O. The third-order valence-corrected chi connectivity index (χ3v) is 2.43. The molecule has 0 saturated carbocycles. The van der Waals surface area contributed by atoms with Gasteiger partial charge in [0.25, 0.3) is 0 Å². The first-order valence-electron chi connectivity index (χ1n) is 3.90. The molecule has 4 heteroatoms. The lowest BCUT2D eigenvalue weighted by molar-refractivity contribution is 0.0985. The van der Waals surface area contributed by atoms with Crippen LogP contribution in [0.25, 0.3) is 0 Å². The van der Waals surface area contributed by atoms with Gasteiger partial charge in [0.15, 0.2) is 16.9 Å². The van der Waals surface area contributed by atoms with E-state index in [0.29, 0.717) is 12.0 Å². The number of hydrogen-bond acceptors (Lipinski definition) is 2. The number of ketones is 1. The zero-order valence-corrected chi connectivity index (χ0v) is 8.00. The second kappa shape index (κ2) is 4.30. The maximum absolute atomic E-state index is 11.3. The molecular formula is C9H10O3S. The Balaban J connectivity index is 3.19. The number of hydrogen-bond donors (Lipinski definition) is 1. The lowest BCUT2D eigenvalue weighted by Gasteiger charge is -2.02. The van der Waals surface area contributed by atoms with Crippen LogP contribution in [0.1, 0.15) is 23.7 Å². The molecule has 0 spiro atoms. The lowest BCUT2D eigenvalue weighted by atomic mass is 10.1. The first-order valence-corrected chi connectivity index (χ1v) is 5.00. The van der Waals surface area contributed by atoms with Gasteiger partial charge >= 0.3 is 0 Å². The summed E-state index contributed by atoms with van der Waals surface area (Å²) in [7, 11) is 0. The maximum Gasteiger partial charge on any atom is 0.187 e. The van der Waals surface area contributed by atoms with Crippen molar-refractivity contribution in [2.75, 3.05) is 0 Å². The van der Waals surface area contributed by atoms with Crippen LogP contribution in [-0.2, 0) is 11.1 Å². The van der Waals surface area contributed by atoms with E-state index < -0.39 is 11.1 Å². The van der Waals surface area contributed by atoms with Crippen LogP contribution in [0.3, 0.4) is 0 Å². The highest BCUT2D eigenvalue weighted by Crippen LogP contribution is 2.13. The van der Waals surface area contributed by atoms with E-state index in [2.05, 4.69) is 0 Å². The monoisotopic (exact) mass is 198 g/mol. The van der Waals surface area contributed by atoms with Crippen molar-refractivity contribution < 1.29 is 13.6 Å². The fourth-order valence-corrected chi connectivity index (χ4v) is 1.60. The molecule has 70 valence electrons. The Morgan fingerprint density at radius 2 is 2.08 bits per heavy atom. The predicted octanol–water partition coefficient (Wildman–Crippen LogP) is 1.86. The molecule has 0 aliphatic carbocycles. The quantitative estimate of drug-likeness (QED) is 0.595. The molecule has 1 rings (SSSR count). The Kier molecular flexibility index (Phi) is 3.33. The van der Waals surface area contributed by atoms with Crippen LogP contribution in [0.2, 0.25) is 0 Å². The molecule has 0 aromatic heterocycles. The molecule has 1 N–H and O–H groups in total. The molecule has 1 unspecified atom stereocenters. The van der Waals surface area contributed by atoms with Crippen molar-refractivity contribution in [1.29, 1.82) is 0 Å². The van der Waals surface area contributed by atoms with Gasteiger partial charge in [-0.2, -0.15) is 0 Å². The molecule has 0 bridgehead atoms. The Morgan fingerprint density at radius 3 is 2.62 bits per heavy atom. The molecular weight excluding hydrogens is 188 g/mol. The van der Waals surface area contributed by atoms with E-state index in [9.17, 15) is 9.00 Å². The van der Waals surface area contributed by atoms with E-state index in [1.807, 2.05) is 0 Å². The molecule has 0 saturated heterocycles. The normalized spacial score (nSPS) is 12.5. The molecule has 1 atom stereocenters. The Bertz CT molecular complexity index is 346. The summed E-state index contributed by atoms with van der Waals surface area (Å²) >= 11 is -2.08. The minimum absolute atomic E-state index is 0.113. The van der Waals surface area contributed by atoms with Crippen molar-refractivity contribution in [3.8, 4) is 0 Å². The number of Topliss-reactive ketones (excluding diaryl/α,β-unsaturated/α-hetero) is 1. The summed E-state index contributed by atoms with van der Waals surface area (Å²) in [5.41, 5.74) is 0.339. The second-order valence-corrected chi connectivity index (χ2v) is 3.46. The van der Waals surface area contributed by atoms with Gasteiger partial charge in [-0.25, -0.2) is 4.21 Å².